The lowest BCUT2D eigenvalue weighted by molar-refractivity contribution is -0.138. The van der Waals surface area contributed by atoms with Gasteiger partial charge in [-0.05, 0) is 35.0 Å². The molecule has 0 amide bonds. The summed E-state index contributed by atoms with van der Waals surface area (Å²) in [6.45, 7) is 1.16. The minimum Gasteiger partial charge on any atom is -0.294 e. The predicted molar refractivity (Wildman–Crippen MR) is 53.9 cm³/mol. The SMILES string of the molecule is CC(=O)c1ccc(C#N)c(C(F)(F)F)c1Br. The molecule has 0 bridgehead atoms. The van der Waals surface area contributed by atoms with E-state index in [0.29, 0.717) is 0 Å². The van der Waals surface area contributed by atoms with Crippen molar-refractivity contribution < 1.29 is 18.0 Å². The van der Waals surface area contributed by atoms with Crippen molar-refractivity contribution in [2.45, 2.75) is 13.1 Å². The fourth-order valence-electron chi connectivity index (χ4n) is 1.22. The van der Waals surface area contributed by atoms with Crippen molar-refractivity contribution in [3.05, 3.63) is 33.3 Å². The second-order valence-electron chi connectivity index (χ2n) is 3.02. The third-order valence-electron chi connectivity index (χ3n) is 1.93. The highest BCUT2D eigenvalue weighted by atomic mass is 79.9. The summed E-state index contributed by atoms with van der Waals surface area (Å²) in [4.78, 5) is 11.1. The number of benzene rings is 1. The molecule has 6 heteroatoms. The third-order valence-corrected chi connectivity index (χ3v) is 2.75. The van der Waals surface area contributed by atoms with E-state index in [-0.39, 0.29) is 10.0 Å². The fourth-order valence-corrected chi connectivity index (χ4v) is 2.07. The van der Waals surface area contributed by atoms with Gasteiger partial charge in [0.25, 0.3) is 0 Å². The molecule has 1 aromatic carbocycles. The number of hydrogen-bond donors (Lipinski definition) is 0. The second-order valence-corrected chi connectivity index (χ2v) is 3.81. The van der Waals surface area contributed by atoms with E-state index < -0.39 is 23.1 Å². The number of carbonyl (C=O) groups is 1. The van der Waals surface area contributed by atoms with Gasteiger partial charge in [0, 0.05) is 10.0 Å². The number of carbonyl (C=O) groups excluding carboxylic acids is 1. The van der Waals surface area contributed by atoms with Gasteiger partial charge < -0.3 is 0 Å². The molecule has 0 saturated heterocycles. The minimum atomic E-state index is -4.67. The lowest BCUT2D eigenvalue weighted by atomic mass is 10.0. The predicted octanol–water partition coefficient (Wildman–Crippen LogP) is 3.54. The number of halogens is 4. The summed E-state index contributed by atoms with van der Waals surface area (Å²) in [6, 6.07) is 3.63. The summed E-state index contributed by atoms with van der Waals surface area (Å²) >= 11 is 2.72. The Hall–Kier alpha value is -1.35. The van der Waals surface area contributed by atoms with Crippen LogP contribution in [0.4, 0.5) is 13.2 Å². The highest BCUT2D eigenvalue weighted by molar-refractivity contribution is 9.10. The number of ketones is 1. The van der Waals surface area contributed by atoms with Crippen LogP contribution in [0.5, 0.6) is 0 Å². The van der Waals surface area contributed by atoms with Crippen LogP contribution in [-0.4, -0.2) is 5.78 Å². The Labute approximate surface area is 97.8 Å². The Balaban J connectivity index is 3.62. The van der Waals surface area contributed by atoms with Crippen molar-refractivity contribution >= 4 is 21.7 Å². The first kappa shape index (κ1) is 12.7. The van der Waals surface area contributed by atoms with Gasteiger partial charge in [-0.3, -0.25) is 4.79 Å². The van der Waals surface area contributed by atoms with Gasteiger partial charge in [-0.25, -0.2) is 0 Å². The second kappa shape index (κ2) is 4.26. The monoisotopic (exact) mass is 291 g/mol. The van der Waals surface area contributed by atoms with Crippen LogP contribution in [0, 0.1) is 11.3 Å². The van der Waals surface area contributed by atoms with Crippen LogP contribution in [0.1, 0.15) is 28.4 Å². The van der Waals surface area contributed by atoms with E-state index in [1.54, 1.807) is 0 Å². The van der Waals surface area contributed by atoms with Crippen molar-refractivity contribution in [1.29, 1.82) is 5.26 Å². The average molecular weight is 292 g/mol. The van der Waals surface area contributed by atoms with E-state index in [4.69, 9.17) is 5.26 Å². The zero-order chi connectivity index (χ0) is 12.5. The summed E-state index contributed by atoms with van der Waals surface area (Å²) < 4.78 is 37.6. The largest absolute Gasteiger partial charge is 0.418 e. The van der Waals surface area contributed by atoms with Crippen LogP contribution in [0.15, 0.2) is 16.6 Å². The van der Waals surface area contributed by atoms with Gasteiger partial charge in [0.2, 0.25) is 0 Å². The fraction of sp³-hybridized carbons (Fsp3) is 0.200. The molecule has 84 valence electrons. The number of nitriles is 1. The van der Waals surface area contributed by atoms with Crippen LogP contribution in [0.25, 0.3) is 0 Å². The number of hydrogen-bond acceptors (Lipinski definition) is 2. The smallest absolute Gasteiger partial charge is 0.294 e. The molecule has 0 aliphatic carbocycles. The van der Waals surface area contributed by atoms with Crippen LogP contribution in [0.3, 0.4) is 0 Å². The first-order chi connectivity index (χ1) is 7.29. The zero-order valence-corrected chi connectivity index (χ0v) is 9.61. The van der Waals surface area contributed by atoms with Crippen molar-refractivity contribution in [3.8, 4) is 6.07 Å². The summed E-state index contributed by atoms with van der Waals surface area (Å²) in [5, 5.41) is 8.58. The third kappa shape index (κ3) is 2.25. The molecule has 0 spiro atoms. The number of alkyl halides is 3. The van der Waals surface area contributed by atoms with Gasteiger partial charge in [-0.2, -0.15) is 18.4 Å². The van der Waals surface area contributed by atoms with E-state index in [1.165, 1.54) is 12.1 Å². The molecule has 0 N–H and O–H groups in total. The Morgan fingerprint density at radius 2 is 2.00 bits per heavy atom. The molecule has 1 rings (SSSR count). The number of nitrogens with zero attached hydrogens (tertiary/aromatic N) is 1. The van der Waals surface area contributed by atoms with Gasteiger partial charge in [0.05, 0.1) is 17.2 Å². The topological polar surface area (TPSA) is 40.9 Å². The molecule has 0 unspecified atom stereocenters. The molecule has 16 heavy (non-hydrogen) atoms. The van der Waals surface area contributed by atoms with Crippen LogP contribution in [-0.2, 0) is 6.18 Å². The molecular weight excluding hydrogens is 287 g/mol. The van der Waals surface area contributed by atoms with E-state index >= 15 is 0 Å². The van der Waals surface area contributed by atoms with Crippen LogP contribution in [0.2, 0.25) is 0 Å². The van der Waals surface area contributed by atoms with Crippen molar-refractivity contribution in [3.63, 3.8) is 0 Å². The maximum Gasteiger partial charge on any atom is 0.418 e. The molecular formula is C10H5BrF3NO. The molecule has 0 fully saturated rings. The Bertz CT molecular complexity index is 488. The Morgan fingerprint density at radius 3 is 2.38 bits per heavy atom. The summed E-state index contributed by atoms with van der Waals surface area (Å²) in [7, 11) is 0. The average Bonchev–Trinajstić information content (AvgIpc) is 2.14. The molecule has 0 aliphatic rings. The Kier molecular flexibility index (Phi) is 3.38. The van der Waals surface area contributed by atoms with E-state index in [1.807, 2.05) is 0 Å². The molecule has 2 nitrogen and oxygen atoms in total. The first-order valence-corrected chi connectivity index (χ1v) is 4.89. The minimum absolute atomic E-state index is 0.0914. The quantitative estimate of drug-likeness (QED) is 0.743. The van der Waals surface area contributed by atoms with E-state index in [0.717, 1.165) is 13.0 Å². The molecule has 0 heterocycles. The van der Waals surface area contributed by atoms with E-state index in [9.17, 15) is 18.0 Å². The van der Waals surface area contributed by atoms with Crippen molar-refractivity contribution in [1.82, 2.24) is 0 Å². The van der Waals surface area contributed by atoms with Gasteiger partial charge in [-0.15, -0.1) is 0 Å². The molecule has 0 aliphatic heterocycles. The molecule has 0 atom stereocenters. The maximum atomic E-state index is 12.6. The van der Waals surface area contributed by atoms with Gasteiger partial charge in [-0.1, -0.05) is 0 Å². The molecule has 0 saturated carbocycles. The van der Waals surface area contributed by atoms with Crippen LogP contribution >= 0.6 is 15.9 Å². The normalized spacial score (nSPS) is 11.0. The molecule has 0 radical (unpaired) electrons. The zero-order valence-electron chi connectivity index (χ0n) is 8.02. The maximum absolute atomic E-state index is 12.6. The summed E-state index contributed by atoms with van der Waals surface area (Å²) in [6.07, 6.45) is -4.67. The molecule has 0 aromatic heterocycles. The number of Topliss-reactive ketones (excluding diaryl/α,β-unsaturated/α-hetero) is 1. The summed E-state index contributed by atoms with van der Waals surface area (Å²) in [5.41, 5.74) is -1.71. The van der Waals surface area contributed by atoms with Crippen molar-refractivity contribution in [2.24, 2.45) is 0 Å². The highest BCUT2D eigenvalue weighted by Crippen LogP contribution is 2.38. The van der Waals surface area contributed by atoms with Gasteiger partial charge in [0.1, 0.15) is 0 Å². The Morgan fingerprint density at radius 1 is 1.44 bits per heavy atom. The van der Waals surface area contributed by atoms with Crippen LogP contribution < -0.4 is 0 Å². The highest BCUT2D eigenvalue weighted by Gasteiger charge is 2.37. The lowest BCUT2D eigenvalue weighted by Gasteiger charge is -2.12. The lowest BCUT2D eigenvalue weighted by Crippen LogP contribution is -2.11. The van der Waals surface area contributed by atoms with Gasteiger partial charge >= 0.3 is 6.18 Å². The molecule has 1 aromatic rings. The van der Waals surface area contributed by atoms with E-state index in [2.05, 4.69) is 15.9 Å². The number of rotatable bonds is 1. The summed E-state index contributed by atoms with van der Waals surface area (Å²) in [5.74, 6) is -0.498. The first-order valence-electron chi connectivity index (χ1n) is 4.09. The van der Waals surface area contributed by atoms with Crippen molar-refractivity contribution in [2.75, 3.05) is 0 Å². The standard InChI is InChI=1S/C10H5BrF3NO/c1-5(16)7-3-2-6(4-15)8(9(7)11)10(12,13)14/h2-3H,1H3. The van der Waals surface area contributed by atoms with Gasteiger partial charge in [0.15, 0.2) is 5.78 Å².